The number of nitrogens with one attached hydrogen (secondary N) is 1. The third kappa shape index (κ3) is 4.95. The molecule has 6 nitrogen and oxygen atoms in total. The van der Waals surface area contributed by atoms with Crippen molar-refractivity contribution >= 4 is 16.1 Å². The molecule has 0 bridgehead atoms. The van der Waals surface area contributed by atoms with Crippen LogP contribution in [0.2, 0.25) is 0 Å². The van der Waals surface area contributed by atoms with E-state index in [1.54, 1.807) is 24.0 Å². The molecule has 0 aliphatic carbocycles. The average molecular weight is 354 g/mol. The van der Waals surface area contributed by atoms with Crippen LogP contribution >= 0.6 is 0 Å². The van der Waals surface area contributed by atoms with Crippen molar-refractivity contribution in [2.75, 3.05) is 19.7 Å². The first-order valence-electron chi connectivity index (χ1n) is 8.49. The number of amides is 1. The van der Waals surface area contributed by atoms with Crippen molar-refractivity contribution in [3.05, 3.63) is 29.8 Å². The fraction of sp³-hybridized carbons (Fsp3) is 0.588. The Hall–Kier alpha value is -1.60. The van der Waals surface area contributed by atoms with Gasteiger partial charge >= 0.3 is 6.09 Å². The van der Waals surface area contributed by atoms with E-state index in [0.717, 1.165) is 18.4 Å². The zero-order chi connectivity index (χ0) is 17.6. The van der Waals surface area contributed by atoms with Crippen molar-refractivity contribution in [1.29, 1.82) is 0 Å². The lowest BCUT2D eigenvalue weighted by Crippen LogP contribution is -2.46. The maximum absolute atomic E-state index is 12.5. The summed E-state index contributed by atoms with van der Waals surface area (Å²) in [6.45, 7) is 5.21. The number of sulfonamides is 1. The molecule has 0 aromatic heterocycles. The fourth-order valence-corrected chi connectivity index (χ4v) is 4.11. The normalized spacial score (nSPS) is 16.2. The second-order valence-electron chi connectivity index (χ2n) is 5.98. The summed E-state index contributed by atoms with van der Waals surface area (Å²) in [7, 11) is -3.52. The van der Waals surface area contributed by atoms with Gasteiger partial charge < -0.3 is 9.64 Å². The highest BCUT2D eigenvalue weighted by Crippen LogP contribution is 2.16. The van der Waals surface area contributed by atoms with Gasteiger partial charge in [0.1, 0.15) is 0 Å². The van der Waals surface area contributed by atoms with Gasteiger partial charge in [-0.25, -0.2) is 17.9 Å². The van der Waals surface area contributed by atoms with E-state index in [4.69, 9.17) is 4.74 Å². The molecule has 1 heterocycles. The van der Waals surface area contributed by atoms with Crippen molar-refractivity contribution in [2.24, 2.45) is 0 Å². The number of hydrogen-bond acceptors (Lipinski definition) is 4. The van der Waals surface area contributed by atoms with Gasteiger partial charge in [0.15, 0.2) is 0 Å². The van der Waals surface area contributed by atoms with Crippen molar-refractivity contribution in [2.45, 2.75) is 50.5 Å². The highest BCUT2D eigenvalue weighted by molar-refractivity contribution is 7.89. The van der Waals surface area contributed by atoms with Crippen LogP contribution in [0.3, 0.4) is 0 Å². The zero-order valence-corrected chi connectivity index (χ0v) is 15.1. The average Bonchev–Trinajstić information content (AvgIpc) is 2.56. The number of piperidine rings is 1. The molecule has 1 amide bonds. The number of ether oxygens (including phenoxy) is 1. The van der Waals surface area contributed by atoms with Crippen molar-refractivity contribution in [1.82, 2.24) is 9.62 Å². The number of aryl methyl sites for hydroxylation is 1. The summed E-state index contributed by atoms with van der Waals surface area (Å²) in [5, 5.41) is 0. The van der Waals surface area contributed by atoms with Crippen molar-refractivity contribution in [3.63, 3.8) is 0 Å². The Labute approximate surface area is 144 Å². The molecule has 7 heteroatoms. The Morgan fingerprint density at radius 1 is 1.21 bits per heavy atom. The van der Waals surface area contributed by atoms with Crippen LogP contribution in [0.4, 0.5) is 4.79 Å². The first-order valence-corrected chi connectivity index (χ1v) is 9.97. The third-order valence-corrected chi connectivity index (χ3v) is 5.65. The number of rotatable bonds is 6. The Kier molecular flexibility index (Phi) is 6.62. The van der Waals surface area contributed by atoms with Crippen LogP contribution in [0.1, 0.15) is 38.7 Å². The van der Waals surface area contributed by atoms with E-state index in [-0.39, 0.29) is 17.0 Å². The molecule has 134 valence electrons. The molecule has 0 unspecified atom stereocenters. The maximum Gasteiger partial charge on any atom is 0.409 e. The number of nitrogens with zero attached hydrogens (tertiary/aromatic N) is 1. The predicted octanol–water partition coefficient (Wildman–Crippen LogP) is 2.54. The molecule has 0 atom stereocenters. The summed E-state index contributed by atoms with van der Waals surface area (Å²) in [5.74, 6) is 0. The van der Waals surface area contributed by atoms with Crippen molar-refractivity contribution < 1.29 is 17.9 Å². The molecule has 1 aliphatic rings. The summed E-state index contributed by atoms with van der Waals surface area (Å²) in [6, 6.07) is 6.88. The van der Waals surface area contributed by atoms with Gasteiger partial charge in [-0.05, 0) is 43.9 Å². The lowest BCUT2D eigenvalue weighted by Gasteiger charge is -2.31. The van der Waals surface area contributed by atoms with E-state index in [1.807, 2.05) is 12.1 Å². The fourth-order valence-electron chi connectivity index (χ4n) is 2.81. The summed E-state index contributed by atoms with van der Waals surface area (Å²) in [6.07, 6.45) is 2.83. The minimum Gasteiger partial charge on any atom is -0.450 e. The monoisotopic (exact) mass is 354 g/mol. The van der Waals surface area contributed by atoms with Gasteiger partial charge in [-0.15, -0.1) is 0 Å². The topological polar surface area (TPSA) is 75.7 Å². The molecule has 1 aliphatic heterocycles. The highest BCUT2D eigenvalue weighted by atomic mass is 32.2. The number of hydrogen-bond donors (Lipinski definition) is 1. The first kappa shape index (κ1) is 18.7. The molecular formula is C17H26N2O4S. The van der Waals surface area contributed by atoms with Gasteiger partial charge in [-0.3, -0.25) is 0 Å². The maximum atomic E-state index is 12.5. The summed E-state index contributed by atoms with van der Waals surface area (Å²) < 4.78 is 32.7. The molecular weight excluding hydrogens is 328 g/mol. The lowest BCUT2D eigenvalue weighted by atomic mass is 10.1. The van der Waals surface area contributed by atoms with Gasteiger partial charge in [0.05, 0.1) is 11.5 Å². The Morgan fingerprint density at radius 2 is 1.83 bits per heavy atom. The molecule has 0 saturated carbocycles. The number of benzene rings is 1. The first-order chi connectivity index (χ1) is 11.5. The van der Waals surface area contributed by atoms with Crippen LogP contribution in [0.5, 0.6) is 0 Å². The second-order valence-corrected chi connectivity index (χ2v) is 7.69. The minimum atomic E-state index is -3.52. The van der Waals surface area contributed by atoms with Gasteiger partial charge in [-0.1, -0.05) is 25.5 Å². The summed E-state index contributed by atoms with van der Waals surface area (Å²) in [4.78, 5) is 13.6. The number of carbonyl (C=O) groups excluding carboxylic acids is 1. The van der Waals surface area contributed by atoms with Gasteiger partial charge in [0.2, 0.25) is 10.0 Å². The summed E-state index contributed by atoms with van der Waals surface area (Å²) >= 11 is 0. The van der Waals surface area contributed by atoms with Crippen LogP contribution in [-0.4, -0.2) is 45.1 Å². The third-order valence-electron chi connectivity index (χ3n) is 4.12. The Morgan fingerprint density at radius 3 is 2.38 bits per heavy atom. The van der Waals surface area contributed by atoms with E-state index in [9.17, 15) is 13.2 Å². The molecule has 24 heavy (non-hydrogen) atoms. The minimum absolute atomic E-state index is 0.156. The quantitative estimate of drug-likeness (QED) is 0.852. The molecule has 1 N–H and O–H groups in total. The molecule has 1 aromatic rings. The van der Waals surface area contributed by atoms with Crippen LogP contribution in [0, 0.1) is 0 Å². The van der Waals surface area contributed by atoms with Crippen LogP contribution < -0.4 is 4.72 Å². The Balaban J connectivity index is 1.92. The SMILES string of the molecule is CCCc1ccc(S(=O)(=O)NC2CCN(C(=O)OCC)CC2)cc1. The number of likely N-dealkylation sites (tertiary alicyclic amines) is 1. The van der Waals surface area contributed by atoms with E-state index in [0.29, 0.717) is 32.5 Å². The zero-order valence-electron chi connectivity index (χ0n) is 14.3. The molecule has 0 radical (unpaired) electrons. The predicted molar refractivity (Wildman–Crippen MR) is 92.4 cm³/mol. The van der Waals surface area contributed by atoms with Crippen LogP contribution in [0.25, 0.3) is 0 Å². The molecule has 1 fully saturated rings. The van der Waals surface area contributed by atoms with Crippen LogP contribution in [0.15, 0.2) is 29.2 Å². The smallest absolute Gasteiger partial charge is 0.409 e. The molecule has 0 spiro atoms. The van der Waals surface area contributed by atoms with Crippen LogP contribution in [-0.2, 0) is 21.2 Å². The molecule has 2 rings (SSSR count). The van der Waals surface area contributed by atoms with Gasteiger partial charge in [0, 0.05) is 19.1 Å². The van der Waals surface area contributed by atoms with E-state index in [1.165, 1.54) is 0 Å². The molecule has 1 aromatic carbocycles. The van der Waals surface area contributed by atoms with Gasteiger partial charge in [-0.2, -0.15) is 0 Å². The standard InChI is InChI=1S/C17H26N2O4S/c1-3-5-14-6-8-16(9-7-14)24(21,22)18-15-10-12-19(13-11-15)17(20)23-4-2/h6-9,15,18H,3-5,10-13H2,1-2H3. The Bertz CT molecular complexity index is 635. The largest absolute Gasteiger partial charge is 0.450 e. The highest BCUT2D eigenvalue weighted by Gasteiger charge is 2.27. The second kappa shape index (κ2) is 8.48. The van der Waals surface area contributed by atoms with E-state index >= 15 is 0 Å². The summed E-state index contributed by atoms with van der Waals surface area (Å²) in [5.41, 5.74) is 1.14. The lowest BCUT2D eigenvalue weighted by molar-refractivity contribution is 0.0966. The van der Waals surface area contributed by atoms with E-state index < -0.39 is 10.0 Å². The van der Waals surface area contributed by atoms with Gasteiger partial charge in [0.25, 0.3) is 0 Å². The van der Waals surface area contributed by atoms with Crippen molar-refractivity contribution in [3.8, 4) is 0 Å². The molecule has 1 saturated heterocycles. The van der Waals surface area contributed by atoms with E-state index in [2.05, 4.69) is 11.6 Å². The number of carbonyl (C=O) groups is 1.